The molecule has 0 aliphatic heterocycles. The number of ketones is 1. The van der Waals surface area contributed by atoms with Gasteiger partial charge in [-0.15, -0.1) is 0 Å². The monoisotopic (exact) mass is 108 g/mol. The summed E-state index contributed by atoms with van der Waals surface area (Å²) in [7, 11) is 0. The molecular formula is C5H9LiO2. The van der Waals surface area contributed by atoms with Crippen LogP contribution in [-0.4, -0.2) is 28.0 Å². The second kappa shape index (κ2) is 6.94. The third-order valence-corrected chi connectivity index (χ3v) is 0. The zero-order chi connectivity index (χ0) is 7.15. The van der Waals surface area contributed by atoms with Gasteiger partial charge in [0.2, 0.25) is 0 Å². The number of Topliss-reactive ketones (excluding diaryl/α,β-unsaturated/α-hetero) is 1. The molecule has 8 heavy (non-hydrogen) atoms. The van der Waals surface area contributed by atoms with E-state index in [1.165, 1.54) is 38.5 Å². The molecule has 0 rings (SSSR count). The molecule has 0 aliphatic carbocycles. The Morgan fingerprint density at radius 1 is 1.12 bits per heavy atom. The van der Waals surface area contributed by atoms with Gasteiger partial charge in [0.1, 0.15) is 5.78 Å². The van der Waals surface area contributed by atoms with Crippen molar-refractivity contribution in [2.45, 2.75) is 20.8 Å². The van der Waals surface area contributed by atoms with Crippen molar-refractivity contribution in [3.05, 3.63) is 0 Å². The third kappa shape index (κ3) is 36900. The van der Waals surface area contributed by atoms with Crippen LogP contribution in [0.3, 0.4) is 0 Å². The summed E-state index contributed by atoms with van der Waals surface area (Å²) in [5.74, 6) is 0.167. The maximum atomic E-state index is 9.44. The van der Waals surface area contributed by atoms with E-state index in [9.17, 15) is 9.59 Å². The molecular weight excluding hydrogens is 99.0 g/mol. The SMILES string of the molecule is CC(C)=O.[Li][C](C)=O. The molecule has 0 spiro atoms. The average Bonchev–Trinajstić information content (AvgIpc) is 1.25. The van der Waals surface area contributed by atoms with Crippen molar-refractivity contribution in [3.63, 3.8) is 0 Å². The van der Waals surface area contributed by atoms with Crippen molar-refractivity contribution in [2.75, 3.05) is 0 Å². The zero-order valence-corrected chi connectivity index (χ0v) is 5.82. The van der Waals surface area contributed by atoms with Crippen LogP contribution in [0.15, 0.2) is 0 Å². The molecule has 0 saturated carbocycles. The van der Waals surface area contributed by atoms with E-state index in [-0.39, 0.29) is 10.2 Å². The first-order chi connectivity index (χ1) is 3.46. The summed E-state index contributed by atoms with van der Waals surface area (Å²) in [6.45, 7) is 4.58. The predicted octanol–water partition coefficient (Wildman–Crippen LogP) is 0.297. The van der Waals surface area contributed by atoms with Crippen LogP contribution in [0.5, 0.6) is 0 Å². The van der Waals surface area contributed by atoms with E-state index in [2.05, 4.69) is 0 Å². The van der Waals surface area contributed by atoms with Gasteiger partial charge >= 0.3 is 33.9 Å². The van der Waals surface area contributed by atoms with Crippen LogP contribution < -0.4 is 0 Å². The number of hydrogen-bond donors (Lipinski definition) is 0. The number of carbonyl (C=O) groups excluding carboxylic acids is 2. The Labute approximate surface area is 58.9 Å². The summed E-state index contributed by atoms with van der Waals surface area (Å²) >= 11 is 1.53. The Morgan fingerprint density at radius 3 is 1.12 bits per heavy atom. The first-order valence-electron chi connectivity index (χ1n) is 2.41. The van der Waals surface area contributed by atoms with Gasteiger partial charge < -0.3 is 4.79 Å². The maximum absolute atomic E-state index is 9.44. The molecule has 0 aromatic carbocycles. The van der Waals surface area contributed by atoms with Crippen LogP contribution in [0.2, 0.25) is 0 Å². The Balaban J connectivity index is 0. The quantitative estimate of drug-likeness (QED) is 0.418. The first kappa shape index (κ1) is 10.8. The number of rotatable bonds is 0. The molecule has 0 saturated heterocycles. The van der Waals surface area contributed by atoms with Crippen LogP contribution in [0.25, 0.3) is 0 Å². The Bertz CT molecular complexity index is 68.4. The minimum atomic E-state index is 0.167. The van der Waals surface area contributed by atoms with Gasteiger partial charge in [-0.25, -0.2) is 0 Å². The molecule has 0 amide bonds. The van der Waals surface area contributed by atoms with Gasteiger partial charge in [-0.3, -0.25) is 0 Å². The van der Waals surface area contributed by atoms with Crippen molar-refractivity contribution < 1.29 is 9.59 Å². The number of carbonyl (C=O) groups is 2. The second-order valence-corrected chi connectivity index (χ2v) is 1.82. The van der Waals surface area contributed by atoms with Crippen molar-refractivity contribution in [3.8, 4) is 0 Å². The molecule has 0 heterocycles. The van der Waals surface area contributed by atoms with Gasteiger partial charge in [0, 0.05) is 0 Å². The van der Waals surface area contributed by atoms with Crippen molar-refractivity contribution in [1.29, 1.82) is 0 Å². The van der Waals surface area contributed by atoms with Gasteiger partial charge in [-0.1, -0.05) is 0 Å². The van der Waals surface area contributed by atoms with Crippen molar-refractivity contribution in [1.82, 2.24) is 0 Å². The molecule has 0 radical (unpaired) electrons. The van der Waals surface area contributed by atoms with Gasteiger partial charge in [0.15, 0.2) is 0 Å². The van der Waals surface area contributed by atoms with Gasteiger partial charge in [0.05, 0.1) is 0 Å². The molecule has 42 valence electrons. The summed E-state index contributed by atoms with van der Waals surface area (Å²) in [4.78, 5) is 18.9. The Kier molecular flexibility index (Phi) is 9.40. The minimum absolute atomic E-state index is 0.167. The first-order valence-corrected chi connectivity index (χ1v) is 2.41. The summed E-state index contributed by atoms with van der Waals surface area (Å²) in [6, 6.07) is 0. The van der Waals surface area contributed by atoms with Gasteiger partial charge in [-0.05, 0) is 13.8 Å². The van der Waals surface area contributed by atoms with E-state index in [1.807, 2.05) is 0 Å². The predicted molar refractivity (Wildman–Crippen MR) is 32.8 cm³/mol. The van der Waals surface area contributed by atoms with E-state index in [1.54, 1.807) is 0 Å². The molecule has 0 N–H and O–H groups in total. The van der Waals surface area contributed by atoms with E-state index < -0.39 is 0 Å². The topological polar surface area (TPSA) is 34.1 Å². The van der Waals surface area contributed by atoms with Crippen LogP contribution in [0.1, 0.15) is 20.8 Å². The van der Waals surface area contributed by atoms with Crippen LogP contribution in [0.4, 0.5) is 0 Å². The molecule has 2 nitrogen and oxygen atoms in total. The summed E-state index contributed by atoms with van der Waals surface area (Å²) < 4.78 is 0.167. The molecule has 0 unspecified atom stereocenters. The number of hydrogen-bond acceptors (Lipinski definition) is 2. The summed E-state index contributed by atoms with van der Waals surface area (Å²) in [5, 5.41) is 0. The Morgan fingerprint density at radius 2 is 1.12 bits per heavy atom. The zero-order valence-electron chi connectivity index (χ0n) is 5.82. The molecule has 0 bridgehead atoms. The molecule has 3 heteroatoms. The van der Waals surface area contributed by atoms with E-state index in [0.29, 0.717) is 0 Å². The third-order valence-electron chi connectivity index (χ3n) is 0. The fourth-order valence-electron chi connectivity index (χ4n) is 0. The molecule has 0 aromatic heterocycles. The fraction of sp³-hybridized carbons (Fsp3) is 0.600. The van der Waals surface area contributed by atoms with Crippen LogP contribution in [0, 0.1) is 0 Å². The standard InChI is InChI=1S/C3H6O.C2H3O.Li/c1-3(2)4;1-2-3;/h1-2H3;1H3;. The van der Waals surface area contributed by atoms with E-state index in [4.69, 9.17) is 0 Å². The van der Waals surface area contributed by atoms with Gasteiger partial charge in [0.25, 0.3) is 0 Å². The van der Waals surface area contributed by atoms with E-state index >= 15 is 0 Å². The molecule has 0 fully saturated rings. The normalized spacial score (nSPS) is 6.62. The van der Waals surface area contributed by atoms with Gasteiger partial charge in [-0.2, -0.15) is 0 Å². The van der Waals surface area contributed by atoms with Crippen LogP contribution >= 0.6 is 0 Å². The van der Waals surface area contributed by atoms with Crippen molar-refractivity contribution in [2.24, 2.45) is 0 Å². The average molecular weight is 108 g/mol. The van der Waals surface area contributed by atoms with E-state index in [0.717, 1.165) is 0 Å². The summed E-state index contributed by atoms with van der Waals surface area (Å²) in [6.07, 6.45) is 0. The molecule has 0 atom stereocenters. The second-order valence-electron chi connectivity index (χ2n) is 1.82. The van der Waals surface area contributed by atoms with Crippen molar-refractivity contribution >= 4 is 28.0 Å². The van der Waals surface area contributed by atoms with Crippen LogP contribution in [-0.2, 0) is 9.59 Å². The molecule has 0 aliphatic rings. The fourth-order valence-corrected chi connectivity index (χ4v) is 0. The summed E-state index contributed by atoms with van der Waals surface area (Å²) in [5.41, 5.74) is 0. The Hall–Kier alpha value is -0.0626. The molecule has 0 aromatic rings.